The second kappa shape index (κ2) is 5.85. The van der Waals surface area contributed by atoms with Gasteiger partial charge < -0.3 is 10.1 Å². The monoisotopic (exact) mass is 253 g/mol. The lowest BCUT2D eigenvalue weighted by atomic mass is 9.87. The number of hydrogen-bond acceptors (Lipinski definition) is 2. The molecule has 0 bridgehead atoms. The van der Waals surface area contributed by atoms with Crippen molar-refractivity contribution in [2.24, 2.45) is 5.92 Å². The fourth-order valence-electron chi connectivity index (χ4n) is 2.59. The minimum Gasteiger partial charge on any atom is -0.381 e. The zero-order valence-electron chi connectivity index (χ0n) is 10.5. The van der Waals surface area contributed by atoms with Crippen molar-refractivity contribution in [3.63, 3.8) is 0 Å². The fourth-order valence-corrected chi connectivity index (χ4v) is 2.70. The minimum atomic E-state index is 0.412. The van der Waals surface area contributed by atoms with Gasteiger partial charge in [-0.15, -0.1) is 0 Å². The molecular formula is C14H20ClNO. The Labute approximate surface area is 108 Å². The van der Waals surface area contributed by atoms with E-state index in [4.69, 9.17) is 16.3 Å². The molecule has 17 heavy (non-hydrogen) atoms. The van der Waals surface area contributed by atoms with Crippen molar-refractivity contribution in [1.82, 2.24) is 5.32 Å². The summed E-state index contributed by atoms with van der Waals surface area (Å²) in [5.74, 6) is 0.661. The molecule has 0 aromatic heterocycles. The smallest absolute Gasteiger partial charge is 0.0469 e. The van der Waals surface area contributed by atoms with Gasteiger partial charge in [0.1, 0.15) is 0 Å². The van der Waals surface area contributed by atoms with Gasteiger partial charge >= 0.3 is 0 Å². The predicted molar refractivity (Wildman–Crippen MR) is 71.5 cm³/mol. The van der Waals surface area contributed by atoms with E-state index in [0.717, 1.165) is 36.6 Å². The van der Waals surface area contributed by atoms with Crippen LogP contribution in [0.3, 0.4) is 0 Å². The third-order valence-corrected chi connectivity index (χ3v) is 4.01. The van der Waals surface area contributed by atoms with E-state index in [-0.39, 0.29) is 0 Å². The highest BCUT2D eigenvalue weighted by Crippen LogP contribution is 2.31. The van der Waals surface area contributed by atoms with Crippen molar-refractivity contribution in [2.75, 3.05) is 20.3 Å². The van der Waals surface area contributed by atoms with Crippen LogP contribution in [-0.2, 0) is 4.74 Å². The number of benzene rings is 1. The normalized spacial score (nSPS) is 19.2. The first kappa shape index (κ1) is 12.9. The zero-order valence-corrected chi connectivity index (χ0v) is 11.3. The molecule has 1 aromatic rings. The van der Waals surface area contributed by atoms with E-state index >= 15 is 0 Å². The molecule has 1 fully saturated rings. The summed E-state index contributed by atoms with van der Waals surface area (Å²) >= 11 is 6.07. The molecular weight excluding hydrogens is 234 g/mol. The summed E-state index contributed by atoms with van der Waals surface area (Å²) in [5.41, 5.74) is 2.48. The van der Waals surface area contributed by atoms with E-state index in [1.807, 2.05) is 13.1 Å². The van der Waals surface area contributed by atoms with Gasteiger partial charge in [-0.2, -0.15) is 0 Å². The second-order valence-electron chi connectivity index (χ2n) is 4.72. The van der Waals surface area contributed by atoms with Gasteiger partial charge in [0.15, 0.2) is 0 Å². The van der Waals surface area contributed by atoms with Crippen molar-refractivity contribution in [2.45, 2.75) is 25.8 Å². The van der Waals surface area contributed by atoms with Crippen LogP contribution in [0.2, 0.25) is 5.02 Å². The Kier molecular flexibility index (Phi) is 4.43. The molecule has 0 amide bonds. The van der Waals surface area contributed by atoms with Crippen molar-refractivity contribution in [1.29, 1.82) is 0 Å². The molecule has 1 heterocycles. The molecule has 3 heteroatoms. The van der Waals surface area contributed by atoms with Gasteiger partial charge in [0.25, 0.3) is 0 Å². The zero-order chi connectivity index (χ0) is 12.3. The Hall–Kier alpha value is -0.570. The highest BCUT2D eigenvalue weighted by Gasteiger charge is 2.24. The lowest BCUT2D eigenvalue weighted by molar-refractivity contribution is 0.0546. The summed E-state index contributed by atoms with van der Waals surface area (Å²) in [6, 6.07) is 6.73. The molecule has 0 aliphatic carbocycles. The van der Waals surface area contributed by atoms with E-state index in [9.17, 15) is 0 Å². The molecule has 1 N–H and O–H groups in total. The van der Waals surface area contributed by atoms with Crippen molar-refractivity contribution in [3.8, 4) is 0 Å². The van der Waals surface area contributed by atoms with Crippen LogP contribution in [0.25, 0.3) is 0 Å². The largest absolute Gasteiger partial charge is 0.381 e. The SMILES string of the molecule is CNC(c1ccc(Cl)c(C)c1)C1CCOCC1. The van der Waals surface area contributed by atoms with Crippen LogP contribution in [0.4, 0.5) is 0 Å². The first-order valence-electron chi connectivity index (χ1n) is 6.23. The van der Waals surface area contributed by atoms with Gasteiger partial charge in [0.05, 0.1) is 0 Å². The van der Waals surface area contributed by atoms with Crippen LogP contribution < -0.4 is 5.32 Å². The first-order chi connectivity index (χ1) is 8.22. The highest BCUT2D eigenvalue weighted by atomic mass is 35.5. The Morgan fingerprint density at radius 2 is 2.06 bits per heavy atom. The molecule has 0 saturated carbocycles. The standard InChI is InChI=1S/C14H20ClNO/c1-10-9-12(3-4-13(10)15)14(16-2)11-5-7-17-8-6-11/h3-4,9,11,14,16H,5-8H2,1-2H3. The maximum absolute atomic E-state index is 6.07. The topological polar surface area (TPSA) is 21.3 Å². The van der Waals surface area contributed by atoms with Crippen LogP contribution in [-0.4, -0.2) is 20.3 Å². The predicted octanol–water partition coefficient (Wildman–Crippen LogP) is 3.34. The molecule has 1 aliphatic heterocycles. The van der Waals surface area contributed by atoms with Gasteiger partial charge in [0, 0.05) is 24.3 Å². The van der Waals surface area contributed by atoms with Crippen molar-refractivity contribution in [3.05, 3.63) is 34.3 Å². The molecule has 1 saturated heterocycles. The quantitative estimate of drug-likeness (QED) is 0.892. The molecule has 1 atom stereocenters. The van der Waals surface area contributed by atoms with Crippen LogP contribution in [0.5, 0.6) is 0 Å². The molecule has 0 spiro atoms. The summed E-state index contributed by atoms with van der Waals surface area (Å²) in [4.78, 5) is 0. The Balaban J connectivity index is 2.18. The van der Waals surface area contributed by atoms with E-state index in [2.05, 4.69) is 24.4 Å². The number of rotatable bonds is 3. The van der Waals surface area contributed by atoms with E-state index < -0.39 is 0 Å². The number of nitrogens with one attached hydrogen (secondary N) is 1. The molecule has 1 unspecified atom stereocenters. The Morgan fingerprint density at radius 1 is 1.35 bits per heavy atom. The Morgan fingerprint density at radius 3 is 2.65 bits per heavy atom. The molecule has 1 aliphatic rings. The molecule has 2 nitrogen and oxygen atoms in total. The summed E-state index contributed by atoms with van der Waals surface area (Å²) in [6.07, 6.45) is 2.26. The van der Waals surface area contributed by atoms with Crippen LogP contribution >= 0.6 is 11.6 Å². The van der Waals surface area contributed by atoms with Crippen molar-refractivity contribution >= 4 is 11.6 Å². The number of ether oxygens (including phenoxy) is 1. The summed E-state index contributed by atoms with van der Waals surface area (Å²) in [6.45, 7) is 3.83. The Bertz CT molecular complexity index is 374. The van der Waals surface area contributed by atoms with Crippen molar-refractivity contribution < 1.29 is 4.74 Å². The third-order valence-electron chi connectivity index (χ3n) is 3.59. The lowest BCUT2D eigenvalue weighted by Gasteiger charge is -2.30. The lowest BCUT2D eigenvalue weighted by Crippen LogP contribution is -2.30. The van der Waals surface area contributed by atoms with Gasteiger partial charge in [-0.25, -0.2) is 0 Å². The van der Waals surface area contributed by atoms with Crippen LogP contribution in [0.1, 0.15) is 30.0 Å². The van der Waals surface area contributed by atoms with Gasteiger partial charge in [0.2, 0.25) is 0 Å². The van der Waals surface area contributed by atoms with Gasteiger partial charge in [-0.1, -0.05) is 23.7 Å². The minimum absolute atomic E-state index is 0.412. The third kappa shape index (κ3) is 3.01. The summed E-state index contributed by atoms with van der Waals surface area (Å²) < 4.78 is 5.42. The number of hydrogen-bond donors (Lipinski definition) is 1. The van der Waals surface area contributed by atoms with E-state index in [0.29, 0.717) is 12.0 Å². The number of halogens is 1. The summed E-state index contributed by atoms with van der Waals surface area (Å²) in [5, 5.41) is 4.28. The molecule has 1 aromatic carbocycles. The van der Waals surface area contributed by atoms with Crippen LogP contribution in [0, 0.1) is 12.8 Å². The van der Waals surface area contributed by atoms with Gasteiger partial charge in [-0.3, -0.25) is 0 Å². The van der Waals surface area contributed by atoms with Crippen LogP contribution in [0.15, 0.2) is 18.2 Å². The van der Waals surface area contributed by atoms with E-state index in [1.54, 1.807) is 0 Å². The average molecular weight is 254 g/mol. The maximum atomic E-state index is 6.07. The number of aryl methyl sites for hydroxylation is 1. The first-order valence-corrected chi connectivity index (χ1v) is 6.61. The highest BCUT2D eigenvalue weighted by molar-refractivity contribution is 6.31. The average Bonchev–Trinajstić information content (AvgIpc) is 2.36. The second-order valence-corrected chi connectivity index (χ2v) is 5.13. The van der Waals surface area contributed by atoms with E-state index in [1.165, 1.54) is 5.56 Å². The summed E-state index contributed by atoms with van der Waals surface area (Å²) in [7, 11) is 2.03. The fraction of sp³-hybridized carbons (Fsp3) is 0.571. The molecule has 94 valence electrons. The molecule has 0 radical (unpaired) electrons. The maximum Gasteiger partial charge on any atom is 0.0469 e. The van der Waals surface area contributed by atoms with Gasteiger partial charge in [-0.05, 0) is 49.9 Å². The molecule has 2 rings (SSSR count).